The molecule has 1 aromatic rings. The van der Waals surface area contributed by atoms with E-state index in [-0.39, 0.29) is 17.5 Å². The second-order valence-electron chi connectivity index (χ2n) is 7.12. The molecular formula is C18H26ClNO3S. The number of nitrogens with one attached hydrogen (secondary N) is 1. The number of hydrogen-bond acceptors (Lipinski definition) is 4. The van der Waals surface area contributed by atoms with Gasteiger partial charge in [-0.15, -0.1) is 0 Å². The molecule has 0 amide bonds. The van der Waals surface area contributed by atoms with Crippen molar-refractivity contribution in [3.63, 3.8) is 0 Å². The molecule has 0 aliphatic carbocycles. The third kappa shape index (κ3) is 4.31. The Bertz CT molecular complexity index is 661. The molecule has 3 rings (SSSR count). The van der Waals surface area contributed by atoms with Crippen LogP contribution < -0.4 is 5.32 Å². The van der Waals surface area contributed by atoms with Crippen LogP contribution in [0, 0.1) is 0 Å². The average Bonchev–Trinajstić information content (AvgIpc) is 2.82. The Hall–Kier alpha value is -0.620. The van der Waals surface area contributed by atoms with Crippen LogP contribution in [0.25, 0.3) is 0 Å². The molecule has 0 saturated carbocycles. The number of halogens is 1. The predicted octanol–water partition coefficient (Wildman–Crippen LogP) is 3.51. The summed E-state index contributed by atoms with van der Waals surface area (Å²) in [7, 11) is -2.94. The maximum absolute atomic E-state index is 11.9. The van der Waals surface area contributed by atoms with E-state index in [9.17, 15) is 8.42 Å². The normalized spacial score (nSPS) is 30.5. The van der Waals surface area contributed by atoms with Gasteiger partial charge in [0.05, 0.1) is 17.1 Å². The Morgan fingerprint density at radius 1 is 1.38 bits per heavy atom. The lowest BCUT2D eigenvalue weighted by molar-refractivity contribution is -0.0718. The number of sulfone groups is 1. The van der Waals surface area contributed by atoms with Crippen LogP contribution in [0.4, 0.5) is 0 Å². The van der Waals surface area contributed by atoms with Gasteiger partial charge in [-0.1, -0.05) is 37.1 Å². The molecule has 0 unspecified atom stereocenters. The van der Waals surface area contributed by atoms with Crippen molar-refractivity contribution in [1.29, 1.82) is 0 Å². The molecule has 2 heterocycles. The number of benzene rings is 1. The minimum Gasteiger partial charge on any atom is -0.374 e. The van der Waals surface area contributed by atoms with Gasteiger partial charge in [0.2, 0.25) is 0 Å². The van der Waals surface area contributed by atoms with Crippen LogP contribution in [0.1, 0.15) is 50.6 Å². The zero-order valence-electron chi connectivity index (χ0n) is 14.1. The van der Waals surface area contributed by atoms with Crippen molar-refractivity contribution in [1.82, 2.24) is 5.32 Å². The minimum absolute atomic E-state index is 0.178. The molecule has 24 heavy (non-hydrogen) atoms. The van der Waals surface area contributed by atoms with Gasteiger partial charge in [0.15, 0.2) is 9.84 Å². The first-order valence-electron chi connectivity index (χ1n) is 8.77. The van der Waals surface area contributed by atoms with Gasteiger partial charge in [0, 0.05) is 23.7 Å². The highest BCUT2D eigenvalue weighted by atomic mass is 35.5. The minimum atomic E-state index is -2.94. The molecule has 1 N–H and O–H groups in total. The molecule has 6 heteroatoms. The first kappa shape index (κ1) is 18.2. The Labute approximate surface area is 149 Å². The molecule has 2 aliphatic heterocycles. The van der Waals surface area contributed by atoms with Crippen molar-refractivity contribution < 1.29 is 13.2 Å². The maximum atomic E-state index is 11.9. The van der Waals surface area contributed by atoms with E-state index in [2.05, 4.69) is 24.4 Å². The van der Waals surface area contributed by atoms with Gasteiger partial charge in [-0.3, -0.25) is 0 Å². The fraction of sp³-hybridized carbons (Fsp3) is 0.667. The first-order valence-corrected chi connectivity index (χ1v) is 11.0. The molecule has 2 saturated heterocycles. The molecule has 134 valence electrons. The molecular weight excluding hydrogens is 346 g/mol. The molecule has 0 radical (unpaired) electrons. The topological polar surface area (TPSA) is 55.4 Å². The molecule has 1 aromatic carbocycles. The highest BCUT2D eigenvalue weighted by Gasteiger charge is 2.46. The summed E-state index contributed by atoms with van der Waals surface area (Å²) in [5.41, 5.74) is 0.770. The third-order valence-corrected chi connectivity index (χ3v) is 7.18. The zero-order chi connectivity index (χ0) is 17.2. The van der Waals surface area contributed by atoms with Gasteiger partial charge in [-0.05, 0) is 43.4 Å². The maximum Gasteiger partial charge on any atom is 0.153 e. The second-order valence-corrected chi connectivity index (χ2v) is 9.74. The third-order valence-electron chi connectivity index (χ3n) is 5.13. The lowest BCUT2D eigenvalue weighted by Crippen LogP contribution is -2.48. The van der Waals surface area contributed by atoms with E-state index in [4.69, 9.17) is 16.3 Å². The SMILES string of the molecule is CCC[C@H](N[C@H]1CCO[C@@]2(CCS(=O)(=O)C2)C1)c1ccc(Cl)cc1. The fourth-order valence-electron chi connectivity index (χ4n) is 3.95. The number of rotatable bonds is 5. The first-order chi connectivity index (χ1) is 11.4. The lowest BCUT2D eigenvalue weighted by atomic mass is 9.88. The van der Waals surface area contributed by atoms with Gasteiger partial charge in [-0.25, -0.2) is 8.42 Å². The second kappa shape index (κ2) is 7.32. The van der Waals surface area contributed by atoms with E-state index in [1.807, 2.05) is 12.1 Å². The molecule has 3 atom stereocenters. The van der Waals surface area contributed by atoms with Crippen molar-refractivity contribution >= 4 is 21.4 Å². The van der Waals surface area contributed by atoms with E-state index in [1.165, 1.54) is 5.56 Å². The van der Waals surface area contributed by atoms with E-state index >= 15 is 0 Å². The zero-order valence-corrected chi connectivity index (χ0v) is 15.7. The summed E-state index contributed by atoms with van der Waals surface area (Å²) >= 11 is 6.00. The Morgan fingerprint density at radius 3 is 2.75 bits per heavy atom. The molecule has 1 spiro atoms. The summed E-state index contributed by atoms with van der Waals surface area (Å²) in [5.74, 6) is 0.437. The number of hydrogen-bond donors (Lipinski definition) is 1. The van der Waals surface area contributed by atoms with E-state index in [0.717, 1.165) is 30.7 Å². The molecule has 2 fully saturated rings. The van der Waals surface area contributed by atoms with Gasteiger partial charge in [0.25, 0.3) is 0 Å². The summed E-state index contributed by atoms with van der Waals surface area (Å²) in [6.45, 7) is 2.81. The summed E-state index contributed by atoms with van der Waals surface area (Å²) < 4.78 is 29.7. The lowest BCUT2D eigenvalue weighted by Gasteiger charge is -2.39. The summed E-state index contributed by atoms with van der Waals surface area (Å²) in [5, 5.41) is 4.50. The van der Waals surface area contributed by atoms with Gasteiger partial charge < -0.3 is 10.1 Å². The fourth-order valence-corrected chi connectivity index (χ4v) is 6.05. The predicted molar refractivity (Wildman–Crippen MR) is 97.2 cm³/mol. The van der Waals surface area contributed by atoms with Crippen molar-refractivity contribution in [2.75, 3.05) is 18.1 Å². The highest BCUT2D eigenvalue weighted by Crippen LogP contribution is 2.36. The average molecular weight is 372 g/mol. The largest absolute Gasteiger partial charge is 0.374 e. The van der Waals surface area contributed by atoms with Gasteiger partial charge >= 0.3 is 0 Å². The van der Waals surface area contributed by atoms with E-state index in [0.29, 0.717) is 19.1 Å². The summed E-state index contributed by atoms with van der Waals surface area (Å²) in [6.07, 6.45) is 4.47. The van der Waals surface area contributed by atoms with Crippen molar-refractivity contribution in [3.8, 4) is 0 Å². The van der Waals surface area contributed by atoms with Crippen LogP contribution in [0.15, 0.2) is 24.3 Å². The van der Waals surface area contributed by atoms with Crippen LogP contribution in [-0.4, -0.2) is 38.2 Å². The molecule has 2 aliphatic rings. The van der Waals surface area contributed by atoms with Gasteiger partial charge in [-0.2, -0.15) is 0 Å². The van der Waals surface area contributed by atoms with E-state index < -0.39 is 15.4 Å². The van der Waals surface area contributed by atoms with E-state index in [1.54, 1.807) is 0 Å². The highest BCUT2D eigenvalue weighted by molar-refractivity contribution is 7.91. The molecule has 4 nitrogen and oxygen atoms in total. The van der Waals surface area contributed by atoms with Crippen molar-refractivity contribution in [2.24, 2.45) is 0 Å². The summed E-state index contributed by atoms with van der Waals surface area (Å²) in [4.78, 5) is 0. The van der Waals surface area contributed by atoms with Crippen molar-refractivity contribution in [3.05, 3.63) is 34.9 Å². The number of ether oxygens (including phenoxy) is 1. The standard InChI is InChI=1S/C18H26ClNO3S/c1-2-3-17(14-4-6-15(19)7-5-14)20-16-8-10-23-18(12-16)9-11-24(21,22)13-18/h4-7,16-17,20H,2-3,8-13H2,1H3/t16-,17-,18-/m0/s1. The van der Waals surface area contributed by atoms with Crippen LogP contribution in [0.5, 0.6) is 0 Å². The van der Waals surface area contributed by atoms with Crippen LogP contribution >= 0.6 is 11.6 Å². The van der Waals surface area contributed by atoms with Crippen LogP contribution in [0.3, 0.4) is 0 Å². The molecule has 0 bridgehead atoms. The smallest absolute Gasteiger partial charge is 0.153 e. The quantitative estimate of drug-likeness (QED) is 0.860. The monoisotopic (exact) mass is 371 g/mol. The Balaban J connectivity index is 1.69. The Kier molecular flexibility index (Phi) is 5.55. The summed E-state index contributed by atoms with van der Waals surface area (Å²) in [6, 6.07) is 8.56. The van der Waals surface area contributed by atoms with Crippen LogP contribution in [-0.2, 0) is 14.6 Å². The van der Waals surface area contributed by atoms with Gasteiger partial charge in [0.1, 0.15) is 0 Å². The van der Waals surface area contributed by atoms with Crippen LogP contribution in [0.2, 0.25) is 5.02 Å². The molecule has 0 aromatic heterocycles. The Morgan fingerprint density at radius 2 is 2.12 bits per heavy atom. The van der Waals surface area contributed by atoms with Crippen molar-refractivity contribution in [2.45, 2.75) is 56.7 Å².